The van der Waals surface area contributed by atoms with Crippen LogP contribution >= 0.6 is 28.3 Å². The largest absolute Gasteiger partial charge is 0.496 e. The van der Waals surface area contributed by atoms with Crippen molar-refractivity contribution in [2.45, 2.75) is 25.4 Å². The second kappa shape index (κ2) is 7.48. The van der Waals surface area contributed by atoms with Crippen LogP contribution in [-0.4, -0.2) is 31.6 Å². The number of ether oxygens (including phenoxy) is 1. The van der Waals surface area contributed by atoms with E-state index in [9.17, 15) is 0 Å². The summed E-state index contributed by atoms with van der Waals surface area (Å²) in [5, 5.41) is 0. The fourth-order valence-corrected chi connectivity index (χ4v) is 2.88. The molecule has 0 saturated heterocycles. The number of benzene rings is 1. The van der Waals surface area contributed by atoms with Crippen LogP contribution in [-0.2, 0) is 6.54 Å². The summed E-state index contributed by atoms with van der Waals surface area (Å²) in [6, 6.07) is 6.62. The second-order valence-electron chi connectivity index (χ2n) is 5.01. The molecule has 108 valence electrons. The molecule has 5 heteroatoms. The number of hydrogen-bond donors (Lipinski definition) is 1. The summed E-state index contributed by atoms with van der Waals surface area (Å²) in [4.78, 5) is 2.35. The van der Waals surface area contributed by atoms with Gasteiger partial charge in [0.1, 0.15) is 5.75 Å². The molecule has 1 unspecified atom stereocenters. The van der Waals surface area contributed by atoms with Gasteiger partial charge in [-0.15, -0.1) is 12.4 Å². The summed E-state index contributed by atoms with van der Waals surface area (Å²) < 4.78 is 6.50. The predicted molar refractivity (Wildman–Crippen MR) is 85.0 cm³/mol. The average molecular weight is 350 g/mol. The van der Waals surface area contributed by atoms with Gasteiger partial charge in [0.05, 0.1) is 7.11 Å². The van der Waals surface area contributed by atoms with Crippen LogP contribution < -0.4 is 10.5 Å². The zero-order chi connectivity index (χ0) is 13.1. The highest BCUT2D eigenvalue weighted by Gasteiger charge is 2.32. The smallest absolute Gasteiger partial charge is 0.123 e. The molecule has 1 aromatic carbocycles. The van der Waals surface area contributed by atoms with Gasteiger partial charge in [-0.05, 0) is 44.0 Å². The van der Waals surface area contributed by atoms with E-state index in [0.29, 0.717) is 6.04 Å². The summed E-state index contributed by atoms with van der Waals surface area (Å²) in [7, 11) is 3.87. The average Bonchev–Trinajstić information content (AvgIpc) is 3.15. The number of nitrogens with zero attached hydrogens (tertiary/aromatic N) is 1. The number of halogens is 2. The maximum absolute atomic E-state index is 5.89. The molecule has 1 aliphatic carbocycles. The van der Waals surface area contributed by atoms with E-state index in [-0.39, 0.29) is 12.4 Å². The highest BCUT2D eigenvalue weighted by Crippen LogP contribution is 2.35. The van der Waals surface area contributed by atoms with E-state index in [4.69, 9.17) is 10.5 Å². The Hall–Kier alpha value is -0.290. The van der Waals surface area contributed by atoms with Gasteiger partial charge in [-0.3, -0.25) is 4.90 Å². The monoisotopic (exact) mass is 348 g/mol. The summed E-state index contributed by atoms with van der Waals surface area (Å²) >= 11 is 3.51. The van der Waals surface area contributed by atoms with Gasteiger partial charge in [-0.1, -0.05) is 15.9 Å². The number of rotatable bonds is 6. The first-order chi connectivity index (χ1) is 8.65. The van der Waals surface area contributed by atoms with Crippen molar-refractivity contribution in [2.75, 3.05) is 20.7 Å². The Balaban J connectivity index is 0.00000180. The quantitative estimate of drug-likeness (QED) is 0.858. The van der Waals surface area contributed by atoms with E-state index in [1.165, 1.54) is 18.4 Å². The van der Waals surface area contributed by atoms with E-state index in [1.54, 1.807) is 7.11 Å². The van der Waals surface area contributed by atoms with Gasteiger partial charge in [0.15, 0.2) is 0 Å². The van der Waals surface area contributed by atoms with Gasteiger partial charge < -0.3 is 10.5 Å². The van der Waals surface area contributed by atoms with Crippen LogP contribution in [0.1, 0.15) is 18.4 Å². The zero-order valence-electron chi connectivity index (χ0n) is 11.4. The molecule has 0 aliphatic heterocycles. The van der Waals surface area contributed by atoms with Gasteiger partial charge in [0, 0.05) is 29.2 Å². The maximum atomic E-state index is 5.89. The van der Waals surface area contributed by atoms with E-state index in [0.717, 1.165) is 29.2 Å². The van der Waals surface area contributed by atoms with Gasteiger partial charge in [0.25, 0.3) is 0 Å². The van der Waals surface area contributed by atoms with Crippen molar-refractivity contribution in [1.29, 1.82) is 0 Å². The predicted octanol–water partition coefficient (Wildman–Crippen LogP) is 3.05. The van der Waals surface area contributed by atoms with Crippen LogP contribution in [0.2, 0.25) is 0 Å². The molecule has 0 radical (unpaired) electrons. The maximum Gasteiger partial charge on any atom is 0.123 e. The summed E-state index contributed by atoms with van der Waals surface area (Å²) in [5.41, 5.74) is 7.09. The molecular weight excluding hydrogens is 328 g/mol. The van der Waals surface area contributed by atoms with Crippen molar-refractivity contribution < 1.29 is 4.74 Å². The van der Waals surface area contributed by atoms with Crippen molar-refractivity contribution in [3.05, 3.63) is 28.2 Å². The fourth-order valence-electron chi connectivity index (χ4n) is 2.47. The van der Waals surface area contributed by atoms with Crippen LogP contribution in [0.25, 0.3) is 0 Å². The van der Waals surface area contributed by atoms with Crippen molar-refractivity contribution in [1.82, 2.24) is 4.90 Å². The lowest BCUT2D eigenvalue weighted by molar-refractivity contribution is 0.213. The molecule has 0 heterocycles. The molecule has 3 nitrogen and oxygen atoms in total. The minimum Gasteiger partial charge on any atom is -0.496 e. The van der Waals surface area contributed by atoms with Crippen LogP contribution in [0.4, 0.5) is 0 Å². The number of methoxy groups -OCH3 is 1. The Labute approximate surface area is 130 Å². The molecule has 1 aliphatic rings. The number of likely N-dealkylation sites (N-methyl/N-ethyl adjacent to an activating group) is 1. The highest BCUT2D eigenvalue weighted by molar-refractivity contribution is 9.10. The van der Waals surface area contributed by atoms with E-state index in [2.05, 4.69) is 33.9 Å². The second-order valence-corrected chi connectivity index (χ2v) is 5.93. The lowest BCUT2D eigenvalue weighted by atomic mass is 10.1. The Morgan fingerprint density at radius 3 is 2.68 bits per heavy atom. The first kappa shape index (κ1) is 16.8. The minimum absolute atomic E-state index is 0. The van der Waals surface area contributed by atoms with E-state index >= 15 is 0 Å². The number of nitrogens with two attached hydrogens (primary N) is 1. The van der Waals surface area contributed by atoms with Crippen molar-refractivity contribution in [2.24, 2.45) is 11.7 Å². The van der Waals surface area contributed by atoms with Crippen LogP contribution in [0.3, 0.4) is 0 Å². The summed E-state index contributed by atoms with van der Waals surface area (Å²) in [5.74, 6) is 1.73. The molecule has 2 rings (SSSR count). The summed E-state index contributed by atoms with van der Waals surface area (Å²) in [6.45, 7) is 1.61. The summed E-state index contributed by atoms with van der Waals surface area (Å²) in [6.07, 6.45) is 2.64. The molecule has 2 N–H and O–H groups in total. The minimum atomic E-state index is 0. The molecule has 1 fully saturated rings. The highest BCUT2D eigenvalue weighted by atomic mass is 79.9. The lowest BCUT2D eigenvalue weighted by Crippen LogP contribution is -2.39. The molecule has 0 spiro atoms. The fraction of sp³-hybridized carbons (Fsp3) is 0.571. The van der Waals surface area contributed by atoms with Crippen LogP contribution in [0.5, 0.6) is 5.75 Å². The number of hydrogen-bond acceptors (Lipinski definition) is 3. The molecule has 1 saturated carbocycles. The van der Waals surface area contributed by atoms with Crippen LogP contribution in [0, 0.1) is 5.92 Å². The Morgan fingerprint density at radius 2 is 2.16 bits per heavy atom. The third-order valence-corrected chi connectivity index (χ3v) is 4.13. The topological polar surface area (TPSA) is 38.5 Å². The lowest BCUT2D eigenvalue weighted by Gasteiger charge is -2.27. The third-order valence-electron chi connectivity index (χ3n) is 3.64. The Kier molecular flexibility index (Phi) is 6.60. The SMILES string of the molecule is COc1ccc(Br)cc1CN(C)C(CN)C1CC1.Cl. The molecule has 0 aromatic heterocycles. The van der Waals surface area contributed by atoms with Gasteiger partial charge in [0.2, 0.25) is 0 Å². The molecule has 0 amide bonds. The molecule has 1 atom stereocenters. The molecule has 0 bridgehead atoms. The van der Waals surface area contributed by atoms with E-state index in [1.807, 2.05) is 12.1 Å². The van der Waals surface area contributed by atoms with Crippen molar-refractivity contribution in [3.63, 3.8) is 0 Å². The molecule has 19 heavy (non-hydrogen) atoms. The standard InChI is InChI=1S/C14H21BrN2O.ClH/c1-17(13(8-16)10-3-4-10)9-11-7-12(15)5-6-14(11)18-2;/h5-7,10,13H,3-4,8-9,16H2,1-2H3;1H. The van der Waals surface area contributed by atoms with Gasteiger partial charge >= 0.3 is 0 Å². The van der Waals surface area contributed by atoms with E-state index < -0.39 is 0 Å². The van der Waals surface area contributed by atoms with Gasteiger partial charge in [-0.2, -0.15) is 0 Å². The first-order valence-corrected chi connectivity index (χ1v) is 7.17. The molecule has 1 aromatic rings. The Bertz CT molecular complexity index is 412. The zero-order valence-corrected chi connectivity index (χ0v) is 13.8. The molecular formula is C14H22BrClN2O. The van der Waals surface area contributed by atoms with Crippen molar-refractivity contribution >= 4 is 28.3 Å². The first-order valence-electron chi connectivity index (χ1n) is 6.38. The normalized spacial score (nSPS) is 16.1. The third kappa shape index (κ3) is 4.35. The van der Waals surface area contributed by atoms with Crippen LogP contribution in [0.15, 0.2) is 22.7 Å². The van der Waals surface area contributed by atoms with Gasteiger partial charge in [-0.25, -0.2) is 0 Å². The van der Waals surface area contributed by atoms with Crippen molar-refractivity contribution in [3.8, 4) is 5.75 Å². The Morgan fingerprint density at radius 1 is 1.47 bits per heavy atom.